The van der Waals surface area contributed by atoms with E-state index in [0.29, 0.717) is 23.4 Å². The third-order valence-electron chi connectivity index (χ3n) is 4.78. The van der Waals surface area contributed by atoms with Crippen LogP contribution >= 0.6 is 0 Å². The van der Waals surface area contributed by atoms with E-state index in [4.69, 9.17) is 0 Å². The van der Waals surface area contributed by atoms with Crippen molar-refractivity contribution in [2.24, 2.45) is 5.41 Å². The molecular weight excluding hydrogens is 358 g/mol. The SMILES string of the molecule is Cc1cc(C(=O)Nc2ccc3c(c2)N(C(=O)C(C)(C)C)CC3)ccc1[N+](=O)[O-]. The van der Waals surface area contributed by atoms with Crippen LogP contribution in [0, 0.1) is 22.5 Å². The Bertz CT molecular complexity index is 976. The van der Waals surface area contributed by atoms with E-state index in [9.17, 15) is 19.7 Å². The molecule has 2 amide bonds. The third kappa shape index (κ3) is 3.74. The summed E-state index contributed by atoms with van der Waals surface area (Å²) in [5.41, 5.74) is 2.72. The van der Waals surface area contributed by atoms with Crippen LogP contribution in [0.4, 0.5) is 17.1 Å². The number of nitro groups is 1. The molecule has 0 atom stereocenters. The van der Waals surface area contributed by atoms with Crippen molar-refractivity contribution in [3.05, 3.63) is 63.2 Å². The average Bonchev–Trinajstić information content (AvgIpc) is 3.02. The average molecular weight is 381 g/mol. The Balaban J connectivity index is 1.83. The zero-order valence-corrected chi connectivity index (χ0v) is 16.4. The molecule has 0 aliphatic carbocycles. The van der Waals surface area contributed by atoms with E-state index in [1.54, 1.807) is 17.9 Å². The highest BCUT2D eigenvalue weighted by atomic mass is 16.6. The van der Waals surface area contributed by atoms with E-state index in [2.05, 4.69) is 5.32 Å². The molecule has 1 N–H and O–H groups in total. The molecule has 1 heterocycles. The Hall–Kier alpha value is -3.22. The highest BCUT2D eigenvalue weighted by molar-refractivity contribution is 6.05. The molecular formula is C21H23N3O4. The van der Waals surface area contributed by atoms with E-state index >= 15 is 0 Å². The van der Waals surface area contributed by atoms with Crippen LogP contribution in [-0.2, 0) is 11.2 Å². The Morgan fingerprint density at radius 3 is 2.46 bits per heavy atom. The predicted molar refractivity (Wildman–Crippen MR) is 108 cm³/mol. The van der Waals surface area contributed by atoms with Crippen LogP contribution < -0.4 is 10.2 Å². The number of aryl methyl sites for hydroxylation is 1. The van der Waals surface area contributed by atoms with Crippen LogP contribution in [0.1, 0.15) is 42.3 Å². The van der Waals surface area contributed by atoms with Crippen LogP contribution in [0.5, 0.6) is 0 Å². The van der Waals surface area contributed by atoms with Crippen molar-refractivity contribution < 1.29 is 14.5 Å². The van der Waals surface area contributed by atoms with Crippen molar-refractivity contribution in [1.82, 2.24) is 0 Å². The first-order valence-electron chi connectivity index (χ1n) is 9.09. The summed E-state index contributed by atoms with van der Waals surface area (Å²) in [6.07, 6.45) is 0.785. The van der Waals surface area contributed by atoms with Crippen LogP contribution in [-0.4, -0.2) is 23.3 Å². The van der Waals surface area contributed by atoms with Crippen molar-refractivity contribution in [2.75, 3.05) is 16.8 Å². The Morgan fingerprint density at radius 1 is 1.14 bits per heavy atom. The molecule has 0 saturated carbocycles. The van der Waals surface area contributed by atoms with Crippen LogP contribution in [0.15, 0.2) is 36.4 Å². The molecule has 1 aliphatic heterocycles. The zero-order valence-electron chi connectivity index (χ0n) is 16.4. The number of amides is 2. The highest BCUT2D eigenvalue weighted by Crippen LogP contribution is 2.34. The second-order valence-corrected chi connectivity index (χ2v) is 8.01. The smallest absolute Gasteiger partial charge is 0.272 e. The molecule has 2 aromatic carbocycles. The fraction of sp³-hybridized carbons (Fsp3) is 0.333. The zero-order chi connectivity index (χ0) is 20.6. The van der Waals surface area contributed by atoms with Crippen LogP contribution in [0.25, 0.3) is 0 Å². The Morgan fingerprint density at radius 2 is 1.86 bits per heavy atom. The van der Waals surface area contributed by atoms with Crippen LogP contribution in [0.2, 0.25) is 0 Å². The molecule has 0 fully saturated rings. The Kier molecular flexibility index (Phi) is 4.93. The number of nitrogens with zero attached hydrogens (tertiary/aromatic N) is 2. The van der Waals surface area contributed by atoms with E-state index in [-0.39, 0.29) is 17.5 Å². The molecule has 3 rings (SSSR count). The summed E-state index contributed by atoms with van der Waals surface area (Å²) in [5.74, 6) is -0.314. The first-order valence-corrected chi connectivity index (χ1v) is 9.09. The maximum atomic E-state index is 12.7. The van der Waals surface area contributed by atoms with Gasteiger partial charge in [0, 0.05) is 40.5 Å². The minimum Gasteiger partial charge on any atom is -0.322 e. The molecule has 0 spiro atoms. The lowest BCUT2D eigenvalue weighted by atomic mass is 9.94. The van der Waals surface area contributed by atoms with Gasteiger partial charge in [0.15, 0.2) is 0 Å². The van der Waals surface area contributed by atoms with Gasteiger partial charge in [-0.05, 0) is 43.2 Å². The number of hydrogen-bond donors (Lipinski definition) is 1. The number of nitro benzene ring substituents is 1. The fourth-order valence-corrected chi connectivity index (χ4v) is 3.28. The van der Waals surface area contributed by atoms with Gasteiger partial charge >= 0.3 is 0 Å². The molecule has 0 radical (unpaired) electrons. The number of benzene rings is 2. The van der Waals surface area contributed by atoms with Crippen molar-refractivity contribution in [3.8, 4) is 0 Å². The van der Waals surface area contributed by atoms with Gasteiger partial charge in [0.25, 0.3) is 11.6 Å². The summed E-state index contributed by atoms with van der Waals surface area (Å²) in [6.45, 7) is 7.88. The van der Waals surface area contributed by atoms with Gasteiger partial charge in [-0.3, -0.25) is 19.7 Å². The van der Waals surface area contributed by atoms with Gasteiger partial charge in [-0.25, -0.2) is 0 Å². The van der Waals surface area contributed by atoms with Gasteiger partial charge in [0.05, 0.1) is 4.92 Å². The van der Waals surface area contributed by atoms with E-state index in [1.165, 1.54) is 18.2 Å². The summed E-state index contributed by atoms with van der Waals surface area (Å²) in [7, 11) is 0. The topological polar surface area (TPSA) is 92.6 Å². The summed E-state index contributed by atoms with van der Waals surface area (Å²) in [6, 6.07) is 9.79. The van der Waals surface area contributed by atoms with E-state index < -0.39 is 10.3 Å². The number of carbonyl (C=O) groups is 2. The molecule has 0 unspecified atom stereocenters. The molecule has 2 aromatic rings. The van der Waals surface area contributed by atoms with E-state index in [1.807, 2.05) is 32.9 Å². The molecule has 0 aromatic heterocycles. The maximum absolute atomic E-state index is 12.7. The minimum absolute atomic E-state index is 0.0228. The molecule has 7 nitrogen and oxygen atoms in total. The molecule has 28 heavy (non-hydrogen) atoms. The fourth-order valence-electron chi connectivity index (χ4n) is 3.28. The molecule has 1 aliphatic rings. The number of fused-ring (bicyclic) bond motifs is 1. The van der Waals surface area contributed by atoms with Gasteiger partial charge in [0.2, 0.25) is 5.91 Å². The quantitative estimate of drug-likeness (QED) is 0.640. The number of nitrogens with one attached hydrogen (secondary N) is 1. The van der Waals surface area contributed by atoms with Gasteiger partial charge in [0.1, 0.15) is 0 Å². The summed E-state index contributed by atoms with van der Waals surface area (Å²) in [4.78, 5) is 37.5. The van der Waals surface area contributed by atoms with Gasteiger partial charge in [-0.2, -0.15) is 0 Å². The third-order valence-corrected chi connectivity index (χ3v) is 4.78. The standard InChI is InChI=1S/C21H23N3O4/c1-13-11-15(6-8-17(13)24(27)28)19(25)22-16-7-5-14-9-10-23(18(14)12-16)20(26)21(2,3)4/h5-8,11-12H,9-10H2,1-4H3,(H,22,25). The summed E-state index contributed by atoms with van der Waals surface area (Å²) >= 11 is 0. The predicted octanol–water partition coefficient (Wildman–Crippen LogP) is 4.09. The molecule has 0 saturated heterocycles. The van der Waals surface area contributed by atoms with Gasteiger partial charge < -0.3 is 10.2 Å². The van der Waals surface area contributed by atoms with Crippen molar-refractivity contribution in [1.29, 1.82) is 0 Å². The normalized spacial score (nSPS) is 13.2. The lowest BCUT2D eigenvalue weighted by molar-refractivity contribution is -0.385. The molecule has 0 bridgehead atoms. The van der Waals surface area contributed by atoms with E-state index in [0.717, 1.165) is 17.7 Å². The summed E-state index contributed by atoms with van der Waals surface area (Å²) < 4.78 is 0. The van der Waals surface area contributed by atoms with Gasteiger partial charge in [-0.15, -0.1) is 0 Å². The van der Waals surface area contributed by atoms with Crippen LogP contribution in [0.3, 0.4) is 0 Å². The molecule has 146 valence electrons. The molecule has 7 heteroatoms. The Labute approximate surface area is 163 Å². The number of anilines is 2. The lowest BCUT2D eigenvalue weighted by Gasteiger charge is -2.26. The lowest BCUT2D eigenvalue weighted by Crippen LogP contribution is -2.38. The van der Waals surface area contributed by atoms with Gasteiger partial charge in [-0.1, -0.05) is 26.8 Å². The van der Waals surface area contributed by atoms with Crippen molar-refractivity contribution >= 4 is 28.9 Å². The largest absolute Gasteiger partial charge is 0.322 e. The number of rotatable bonds is 3. The van der Waals surface area contributed by atoms with Crippen molar-refractivity contribution in [3.63, 3.8) is 0 Å². The number of hydrogen-bond acceptors (Lipinski definition) is 4. The monoisotopic (exact) mass is 381 g/mol. The second kappa shape index (κ2) is 7.07. The highest BCUT2D eigenvalue weighted by Gasteiger charge is 2.32. The number of carbonyl (C=O) groups excluding carboxylic acids is 2. The first kappa shape index (κ1) is 19.5. The van der Waals surface area contributed by atoms with Crippen molar-refractivity contribution in [2.45, 2.75) is 34.1 Å². The minimum atomic E-state index is -0.489. The summed E-state index contributed by atoms with van der Waals surface area (Å²) in [5, 5.41) is 13.7. The maximum Gasteiger partial charge on any atom is 0.272 e. The first-order chi connectivity index (χ1) is 13.1. The second-order valence-electron chi connectivity index (χ2n) is 8.01.